The maximum absolute atomic E-state index is 12.0. The highest BCUT2D eigenvalue weighted by Crippen LogP contribution is 2.04. The summed E-state index contributed by atoms with van der Waals surface area (Å²) in [6, 6.07) is 1.70. The summed E-state index contributed by atoms with van der Waals surface area (Å²) in [6.45, 7) is 3.74. The standard InChI is InChI=1S/C11H13N3O3/c1-3-17-10(15)6-8-7(2)13-9-4-5-12-14(9)11(8)16/h4-5,12H,3,6H2,1-2H3. The molecule has 0 saturated heterocycles. The quantitative estimate of drug-likeness (QED) is 0.783. The number of fused-ring (bicyclic) bond motifs is 1. The van der Waals surface area contributed by atoms with Gasteiger partial charge < -0.3 is 4.74 Å². The molecule has 0 atom stereocenters. The van der Waals surface area contributed by atoms with E-state index in [1.54, 1.807) is 26.1 Å². The predicted octanol–water partition coefficient (Wildman–Crippen LogP) is 0.437. The van der Waals surface area contributed by atoms with Crippen LogP contribution >= 0.6 is 0 Å². The van der Waals surface area contributed by atoms with Crippen LogP contribution in [0, 0.1) is 6.92 Å². The summed E-state index contributed by atoms with van der Waals surface area (Å²) in [6.07, 6.45) is 1.57. The molecule has 2 aromatic heterocycles. The van der Waals surface area contributed by atoms with Crippen molar-refractivity contribution in [1.82, 2.24) is 14.6 Å². The molecular formula is C11H13N3O3. The third-order valence-electron chi connectivity index (χ3n) is 2.47. The summed E-state index contributed by atoms with van der Waals surface area (Å²) >= 11 is 0. The average molecular weight is 235 g/mol. The lowest BCUT2D eigenvalue weighted by Gasteiger charge is -2.05. The minimum Gasteiger partial charge on any atom is -0.466 e. The summed E-state index contributed by atoms with van der Waals surface area (Å²) in [4.78, 5) is 27.7. The van der Waals surface area contributed by atoms with Gasteiger partial charge in [0.25, 0.3) is 5.56 Å². The van der Waals surface area contributed by atoms with Crippen molar-refractivity contribution in [3.8, 4) is 0 Å². The minimum absolute atomic E-state index is 0.0481. The van der Waals surface area contributed by atoms with Gasteiger partial charge in [0.2, 0.25) is 0 Å². The van der Waals surface area contributed by atoms with Crippen molar-refractivity contribution in [3.05, 3.63) is 33.9 Å². The van der Waals surface area contributed by atoms with Crippen LogP contribution in [0.4, 0.5) is 0 Å². The molecule has 0 radical (unpaired) electrons. The Morgan fingerprint density at radius 2 is 2.35 bits per heavy atom. The van der Waals surface area contributed by atoms with E-state index in [0.717, 1.165) is 0 Å². The molecular weight excluding hydrogens is 222 g/mol. The summed E-state index contributed by atoms with van der Waals surface area (Å²) in [7, 11) is 0. The smallest absolute Gasteiger partial charge is 0.310 e. The molecule has 0 saturated carbocycles. The van der Waals surface area contributed by atoms with Gasteiger partial charge in [-0.25, -0.2) is 9.50 Å². The Balaban J connectivity index is 2.46. The van der Waals surface area contributed by atoms with Crippen LogP contribution in [0.5, 0.6) is 0 Å². The molecule has 17 heavy (non-hydrogen) atoms. The van der Waals surface area contributed by atoms with Gasteiger partial charge >= 0.3 is 5.97 Å². The molecule has 0 aliphatic rings. The monoisotopic (exact) mass is 235 g/mol. The molecule has 0 spiro atoms. The van der Waals surface area contributed by atoms with E-state index >= 15 is 0 Å². The van der Waals surface area contributed by atoms with E-state index in [4.69, 9.17) is 4.74 Å². The van der Waals surface area contributed by atoms with Crippen molar-refractivity contribution in [2.24, 2.45) is 0 Å². The van der Waals surface area contributed by atoms with Crippen LogP contribution in [0.1, 0.15) is 18.2 Å². The first kappa shape index (κ1) is 11.4. The molecule has 6 heteroatoms. The Hall–Kier alpha value is -2.11. The van der Waals surface area contributed by atoms with Gasteiger partial charge in [-0.05, 0) is 13.8 Å². The maximum Gasteiger partial charge on any atom is 0.310 e. The number of hydrogen-bond acceptors (Lipinski definition) is 4. The molecule has 1 N–H and O–H groups in total. The number of aryl methyl sites for hydroxylation is 1. The summed E-state index contributed by atoms with van der Waals surface area (Å²) in [5, 5.41) is 2.75. The summed E-state index contributed by atoms with van der Waals surface area (Å²) in [5.41, 5.74) is 1.21. The highest BCUT2D eigenvalue weighted by Gasteiger charge is 2.14. The topological polar surface area (TPSA) is 76.5 Å². The number of hydrogen-bond donors (Lipinski definition) is 1. The Labute approximate surface area is 97.2 Å². The molecule has 0 bridgehead atoms. The van der Waals surface area contributed by atoms with Gasteiger partial charge in [-0.3, -0.25) is 14.7 Å². The molecule has 0 aliphatic carbocycles. The third-order valence-corrected chi connectivity index (χ3v) is 2.47. The molecule has 0 aromatic carbocycles. The molecule has 2 aromatic rings. The second kappa shape index (κ2) is 4.40. The zero-order valence-corrected chi connectivity index (χ0v) is 9.69. The van der Waals surface area contributed by atoms with E-state index < -0.39 is 5.97 Å². The Bertz CT molecular complexity index is 612. The molecule has 90 valence electrons. The molecule has 6 nitrogen and oxygen atoms in total. The molecule has 2 heterocycles. The van der Waals surface area contributed by atoms with Crippen molar-refractivity contribution in [1.29, 1.82) is 0 Å². The number of H-pyrrole nitrogens is 1. The van der Waals surface area contributed by atoms with E-state index in [1.165, 1.54) is 4.52 Å². The molecule has 0 aliphatic heterocycles. The lowest BCUT2D eigenvalue weighted by atomic mass is 10.2. The molecule has 2 rings (SSSR count). The van der Waals surface area contributed by atoms with E-state index in [0.29, 0.717) is 23.5 Å². The number of carbonyl (C=O) groups is 1. The van der Waals surface area contributed by atoms with Crippen LogP contribution in [0.25, 0.3) is 5.65 Å². The number of ether oxygens (including phenoxy) is 1. The van der Waals surface area contributed by atoms with Crippen LogP contribution in [0.3, 0.4) is 0 Å². The highest BCUT2D eigenvalue weighted by molar-refractivity contribution is 5.72. The number of esters is 1. The number of aromatic nitrogens is 3. The SMILES string of the molecule is CCOC(=O)Cc1c(C)nc2cc[nH]n2c1=O. The number of rotatable bonds is 3. The van der Waals surface area contributed by atoms with Gasteiger partial charge in [-0.2, -0.15) is 0 Å². The second-order valence-electron chi connectivity index (χ2n) is 3.62. The van der Waals surface area contributed by atoms with Crippen LogP contribution in [-0.2, 0) is 16.0 Å². The van der Waals surface area contributed by atoms with Crippen LogP contribution in [0.2, 0.25) is 0 Å². The van der Waals surface area contributed by atoms with Gasteiger partial charge in [0.15, 0.2) is 5.65 Å². The Morgan fingerprint density at radius 3 is 3.06 bits per heavy atom. The third kappa shape index (κ3) is 2.06. The van der Waals surface area contributed by atoms with Crippen LogP contribution in [-0.4, -0.2) is 27.2 Å². The van der Waals surface area contributed by atoms with Crippen molar-refractivity contribution in [2.45, 2.75) is 20.3 Å². The first-order valence-corrected chi connectivity index (χ1v) is 5.34. The first-order valence-electron chi connectivity index (χ1n) is 5.34. The lowest BCUT2D eigenvalue weighted by molar-refractivity contribution is -0.142. The van der Waals surface area contributed by atoms with Crippen molar-refractivity contribution in [3.63, 3.8) is 0 Å². The fourth-order valence-electron chi connectivity index (χ4n) is 1.67. The lowest BCUT2D eigenvalue weighted by Crippen LogP contribution is -2.24. The van der Waals surface area contributed by atoms with Gasteiger partial charge in [-0.1, -0.05) is 0 Å². The number of nitrogens with one attached hydrogen (secondary N) is 1. The number of aromatic amines is 1. The van der Waals surface area contributed by atoms with Crippen molar-refractivity contribution >= 4 is 11.6 Å². The fraction of sp³-hybridized carbons (Fsp3) is 0.364. The van der Waals surface area contributed by atoms with E-state index in [9.17, 15) is 9.59 Å². The normalized spacial score (nSPS) is 10.7. The largest absolute Gasteiger partial charge is 0.466 e. The summed E-state index contributed by atoms with van der Waals surface area (Å²) in [5.74, 6) is -0.416. The van der Waals surface area contributed by atoms with Gasteiger partial charge in [0.05, 0.1) is 18.6 Å². The van der Waals surface area contributed by atoms with Gasteiger partial charge in [0.1, 0.15) is 0 Å². The van der Waals surface area contributed by atoms with E-state index in [-0.39, 0.29) is 12.0 Å². The molecule has 0 unspecified atom stereocenters. The van der Waals surface area contributed by atoms with Gasteiger partial charge in [-0.15, -0.1) is 0 Å². The number of carbonyl (C=O) groups excluding carboxylic acids is 1. The van der Waals surface area contributed by atoms with E-state index in [2.05, 4.69) is 10.1 Å². The average Bonchev–Trinajstić information content (AvgIpc) is 2.72. The Morgan fingerprint density at radius 1 is 1.59 bits per heavy atom. The van der Waals surface area contributed by atoms with Crippen molar-refractivity contribution in [2.75, 3.05) is 6.61 Å². The van der Waals surface area contributed by atoms with Crippen LogP contribution < -0.4 is 5.56 Å². The maximum atomic E-state index is 12.0. The molecule has 0 amide bonds. The number of nitrogens with zero attached hydrogens (tertiary/aromatic N) is 2. The predicted molar refractivity (Wildman–Crippen MR) is 60.9 cm³/mol. The van der Waals surface area contributed by atoms with E-state index in [1.807, 2.05) is 0 Å². The highest BCUT2D eigenvalue weighted by atomic mass is 16.5. The zero-order chi connectivity index (χ0) is 12.4. The fourth-order valence-corrected chi connectivity index (χ4v) is 1.67. The Kier molecular flexibility index (Phi) is 2.95. The minimum atomic E-state index is -0.416. The first-order chi connectivity index (χ1) is 8.13. The second-order valence-corrected chi connectivity index (χ2v) is 3.62. The zero-order valence-electron chi connectivity index (χ0n) is 9.69. The van der Waals surface area contributed by atoms with Crippen LogP contribution in [0.15, 0.2) is 17.1 Å². The van der Waals surface area contributed by atoms with Crippen molar-refractivity contribution < 1.29 is 9.53 Å². The summed E-state index contributed by atoms with van der Waals surface area (Å²) < 4.78 is 6.13. The van der Waals surface area contributed by atoms with Gasteiger partial charge in [0, 0.05) is 18.0 Å². The molecule has 0 fully saturated rings.